The Kier molecular flexibility index (Phi) is 5.05. The molecule has 0 aromatic heterocycles. The van der Waals surface area contributed by atoms with Crippen molar-refractivity contribution in [2.75, 3.05) is 5.32 Å². The van der Waals surface area contributed by atoms with Crippen LogP contribution in [-0.4, -0.2) is 12.0 Å². The van der Waals surface area contributed by atoms with Crippen LogP contribution in [0.5, 0.6) is 11.5 Å². The Hall–Kier alpha value is -2.76. The lowest BCUT2D eigenvalue weighted by molar-refractivity contribution is -0.165. The molecule has 6 heteroatoms. The fourth-order valence-corrected chi connectivity index (χ4v) is 1.80. The number of hydrogen-bond donors (Lipinski definition) is 1. The number of alkyl halides is 3. The first-order valence-corrected chi connectivity index (χ1v) is 6.74. The molecular formula is C17H14F3NO2. The predicted molar refractivity (Wildman–Crippen MR) is 81.4 cm³/mol. The number of ether oxygens (including phenoxy) is 1. The number of halogens is 3. The van der Waals surface area contributed by atoms with Crippen molar-refractivity contribution in [3.63, 3.8) is 0 Å². The van der Waals surface area contributed by atoms with Gasteiger partial charge in [0, 0.05) is 11.8 Å². The second kappa shape index (κ2) is 7.00. The minimum atomic E-state index is -4.89. The molecule has 0 bridgehead atoms. The van der Waals surface area contributed by atoms with Gasteiger partial charge in [-0.2, -0.15) is 13.2 Å². The molecule has 2 aromatic rings. The monoisotopic (exact) mass is 321 g/mol. The second-order valence-electron chi connectivity index (χ2n) is 4.73. The number of rotatable bonds is 5. The summed E-state index contributed by atoms with van der Waals surface area (Å²) < 4.78 is 42.5. The fourth-order valence-electron chi connectivity index (χ4n) is 1.80. The number of carbonyl (C=O) groups is 1. The number of hydrogen-bond acceptors (Lipinski definition) is 3. The summed E-state index contributed by atoms with van der Waals surface area (Å²) in [6.45, 7) is 1.38. The Bertz CT molecular complexity index is 709. The highest BCUT2D eigenvalue weighted by Crippen LogP contribution is 2.30. The molecule has 0 atom stereocenters. The van der Waals surface area contributed by atoms with Crippen LogP contribution in [0.2, 0.25) is 0 Å². The normalized spacial score (nSPS) is 11.9. The summed E-state index contributed by atoms with van der Waals surface area (Å²) in [4.78, 5) is 11.0. The third-order valence-electron chi connectivity index (χ3n) is 2.82. The van der Waals surface area contributed by atoms with E-state index in [2.05, 4.69) is 5.32 Å². The summed E-state index contributed by atoms with van der Waals surface area (Å²) >= 11 is 0. The first-order valence-electron chi connectivity index (χ1n) is 6.74. The first-order chi connectivity index (χ1) is 10.9. The molecule has 0 amide bonds. The van der Waals surface area contributed by atoms with Gasteiger partial charge in [0.1, 0.15) is 5.75 Å². The lowest BCUT2D eigenvalue weighted by Gasteiger charge is -2.13. The smallest absolute Gasteiger partial charge is 0.454 e. The van der Waals surface area contributed by atoms with Crippen LogP contribution >= 0.6 is 0 Å². The number of carbonyl (C=O) groups excluding carboxylic acids is 1. The summed E-state index contributed by atoms with van der Waals surface area (Å²) in [5, 5.41) is 2.75. The molecule has 0 spiro atoms. The Morgan fingerprint density at radius 3 is 2.30 bits per heavy atom. The van der Waals surface area contributed by atoms with Gasteiger partial charge < -0.3 is 10.1 Å². The highest BCUT2D eigenvalue weighted by atomic mass is 19.4. The Balaban J connectivity index is 2.18. The van der Waals surface area contributed by atoms with Crippen molar-refractivity contribution in [3.8, 4) is 11.5 Å². The molecule has 0 heterocycles. The largest absolute Gasteiger partial charge is 0.455 e. The van der Waals surface area contributed by atoms with E-state index in [9.17, 15) is 18.0 Å². The van der Waals surface area contributed by atoms with Gasteiger partial charge in [-0.05, 0) is 31.2 Å². The van der Waals surface area contributed by atoms with Gasteiger partial charge in [-0.25, -0.2) is 0 Å². The average molecular weight is 321 g/mol. The van der Waals surface area contributed by atoms with Gasteiger partial charge in [0.25, 0.3) is 5.78 Å². The first kappa shape index (κ1) is 16.6. The van der Waals surface area contributed by atoms with Gasteiger partial charge in [-0.3, -0.25) is 4.79 Å². The zero-order valence-electron chi connectivity index (χ0n) is 12.2. The highest BCUT2D eigenvalue weighted by Gasteiger charge is 2.36. The fraction of sp³-hybridized carbons (Fsp3) is 0.118. The number of nitrogens with one attached hydrogen (secondary N) is 1. The molecular weight excluding hydrogens is 307 g/mol. The number of ketones is 1. The Morgan fingerprint density at radius 2 is 1.65 bits per heavy atom. The van der Waals surface area contributed by atoms with Crippen molar-refractivity contribution < 1.29 is 22.7 Å². The standard InChI is InChI=1S/C17H14F3NO2/c1-12(11-16(22)17(18,19)20)21-14-9-5-6-10-15(14)23-13-7-3-2-4-8-13/h2-11,21H,1H3/b12-11-. The third-order valence-corrected chi connectivity index (χ3v) is 2.82. The SMILES string of the molecule is C/C(=C/C(=O)C(F)(F)F)Nc1ccccc1Oc1ccccc1. The van der Waals surface area contributed by atoms with E-state index in [1.807, 2.05) is 6.07 Å². The van der Waals surface area contributed by atoms with E-state index < -0.39 is 12.0 Å². The Labute approximate surface area is 131 Å². The average Bonchev–Trinajstić information content (AvgIpc) is 2.49. The van der Waals surface area contributed by atoms with Crippen LogP contribution in [0.4, 0.5) is 18.9 Å². The van der Waals surface area contributed by atoms with E-state index in [1.165, 1.54) is 6.92 Å². The molecule has 0 fully saturated rings. The van der Waals surface area contributed by atoms with Gasteiger partial charge in [-0.1, -0.05) is 30.3 Å². The van der Waals surface area contributed by atoms with Crippen LogP contribution in [0.1, 0.15) is 6.92 Å². The molecule has 3 nitrogen and oxygen atoms in total. The molecule has 0 saturated heterocycles. The quantitative estimate of drug-likeness (QED) is 0.794. The summed E-state index contributed by atoms with van der Waals surface area (Å²) in [5.41, 5.74) is 0.525. The van der Waals surface area contributed by atoms with E-state index in [0.717, 1.165) is 0 Å². The third kappa shape index (κ3) is 4.88. The maximum Gasteiger partial charge on any atom is 0.454 e. The van der Waals surface area contributed by atoms with E-state index in [1.54, 1.807) is 48.5 Å². The van der Waals surface area contributed by atoms with E-state index in [4.69, 9.17) is 4.74 Å². The van der Waals surface area contributed by atoms with Crippen molar-refractivity contribution >= 4 is 11.5 Å². The van der Waals surface area contributed by atoms with Crippen LogP contribution in [-0.2, 0) is 4.79 Å². The zero-order chi connectivity index (χ0) is 16.9. The van der Waals surface area contributed by atoms with E-state index in [-0.39, 0.29) is 5.70 Å². The van der Waals surface area contributed by atoms with Crippen molar-refractivity contribution in [3.05, 3.63) is 66.4 Å². The predicted octanol–water partition coefficient (Wildman–Crippen LogP) is 4.93. The van der Waals surface area contributed by atoms with Crippen LogP contribution in [0.15, 0.2) is 66.4 Å². The van der Waals surface area contributed by atoms with Crippen molar-refractivity contribution in [1.29, 1.82) is 0 Å². The maximum absolute atomic E-state index is 12.3. The van der Waals surface area contributed by atoms with Crippen LogP contribution < -0.4 is 10.1 Å². The molecule has 2 aromatic carbocycles. The van der Waals surface area contributed by atoms with Gasteiger partial charge >= 0.3 is 6.18 Å². The van der Waals surface area contributed by atoms with Gasteiger partial charge in [0.05, 0.1) is 5.69 Å². The highest BCUT2D eigenvalue weighted by molar-refractivity contribution is 5.95. The lowest BCUT2D eigenvalue weighted by atomic mass is 10.2. The molecule has 2 rings (SSSR count). The summed E-state index contributed by atoms with van der Waals surface area (Å²) in [6.07, 6.45) is -4.37. The molecule has 120 valence electrons. The molecule has 0 unspecified atom stereocenters. The number of benzene rings is 2. The minimum Gasteiger partial charge on any atom is -0.455 e. The second-order valence-corrected chi connectivity index (χ2v) is 4.73. The van der Waals surface area contributed by atoms with Crippen LogP contribution in [0.3, 0.4) is 0 Å². The maximum atomic E-state index is 12.3. The lowest BCUT2D eigenvalue weighted by Crippen LogP contribution is -2.21. The van der Waals surface area contributed by atoms with E-state index in [0.29, 0.717) is 23.3 Å². The minimum absolute atomic E-state index is 0.0661. The molecule has 0 aliphatic carbocycles. The molecule has 0 aliphatic heterocycles. The zero-order valence-corrected chi connectivity index (χ0v) is 12.2. The van der Waals surface area contributed by atoms with Gasteiger partial charge in [0.2, 0.25) is 0 Å². The summed E-state index contributed by atoms with van der Waals surface area (Å²) in [6, 6.07) is 15.7. The van der Waals surface area contributed by atoms with Gasteiger partial charge in [-0.15, -0.1) is 0 Å². The topological polar surface area (TPSA) is 38.3 Å². The van der Waals surface area contributed by atoms with Crippen molar-refractivity contribution in [2.45, 2.75) is 13.1 Å². The van der Waals surface area contributed by atoms with Crippen molar-refractivity contribution in [1.82, 2.24) is 0 Å². The Morgan fingerprint density at radius 1 is 1.04 bits per heavy atom. The molecule has 23 heavy (non-hydrogen) atoms. The van der Waals surface area contributed by atoms with Crippen LogP contribution in [0, 0.1) is 0 Å². The van der Waals surface area contributed by atoms with Crippen molar-refractivity contribution in [2.24, 2.45) is 0 Å². The number of allylic oxidation sites excluding steroid dienone is 2. The summed E-state index contributed by atoms with van der Waals surface area (Å²) in [7, 11) is 0. The molecule has 0 aliphatic rings. The number of anilines is 1. The molecule has 0 saturated carbocycles. The molecule has 0 radical (unpaired) electrons. The summed E-state index contributed by atoms with van der Waals surface area (Å²) in [5.74, 6) is -0.885. The number of para-hydroxylation sites is 3. The van der Waals surface area contributed by atoms with Crippen LogP contribution in [0.25, 0.3) is 0 Å². The van der Waals surface area contributed by atoms with Gasteiger partial charge in [0.15, 0.2) is 5.75 Å². The van der Waals surface area contributed by atoms with E-state index >= 15 is 0 Å². The molecule has 1 N–H and O–H groups in total.